The third-order valence-electron chi connectivity index (χ3n) is 1.06. The van der Waals surface area contributed by atoms with Gasteiger partial charge in [0.15, 0.2) is 0 Å². The third kappa shape index (κ3) is 0.665. The van der Waals surface area contributed by atoms with Gasteiger partial charge in [-0.1, -0.05) is 6.92 Å². The lowest BCUT2D eigenvalue weighted by Gasteiger charge is -1.90. The first-order valence-corrected chi connectivity index (χ1v) is 2.56. The second kappa shape index (κ2) is 1.86. The van der Waals surface area contributed by atoms with Crippen LogP contribution in [-0.4, -0.2) is 15.2 Å². The maximum Gasteiger partial charge on any atom is 0.0795 e. The van der Waals surface area contributed by atoms with Crippen LogP contribution >= 0.6 is 0 Å². The van der Waals surface area contributed by atoms with E-state index < -0.39 is 0 Å². The van der Waals surface area contributed by atoms with Gasteiger partial charge in [0.2, 0.25) is 0 Å². The molecule has 0 amide bonds. The van der Waals surface area contributed by atoms with E-state index in [0.29, 0.717) is 0 Å². The van der Waals surface area contributed by atoms with Crippen molar-refractivity contribution in [2.45, 2.75) is 13.3 Å². The maximum atomic E-state index is 8.76. The molecule has 3 nitrogen and oxygen atoms in total. The van der Waals surface area contributed by atoms with Gasteiger partial charge < -0.3 is 5.21 Å². The van der Waals surface area contributed by atoms with Crippen LogP contribution in [0.1, 0.15) is 12.6 Å². The van der Waals surface area contributed by atoms with Gasteiger partial charge in [-0.2, -0.15) is 0 Å². The molecule has 0 radical (unpaired) electrons. The van der Waals surface area contributed by atoms with E-state index in [1.54, 1.807) is 12.3 Å². The monoisotopic (exact) mass is 112 g/mol. The molecule has 0 saturated heterocycles. The van der Waals surface area contributed by atoms with Crippen LogP contribution in [0.5, 0.6) is 0 Å². The lowest BCUT2D eigenvalue weighted by molar-refractivity contribution is 0.140. The molecule has 0 bridgehead atoms. The summed E-state index contributed by atoms with van der Waals surface area (Å²) in [6.07, 6.45) is 2.38. The Labute approximate surface area is 47.5 Å². The Hall–Kier alpha value is -0.990. The number of rotatable bonds is 1. The Balaban J connectivity index is 2.92. The summed E-state index contributed by atoms with van der Waals surface area (Å²) >= 11 is 0. The highest BCUT2D eigenvalue weighted by Gasteiger charge is 1.92. The molecule has 0 aliphatic heterocycles. The number of aryl methyl sites for hydroxylation is 1. The molecule has 0 fully saturated rings. The molecule has 0 unspecified atom stereocenters. The number of aromatic nitrogens is 2. The summed E-state index contributed by atoms with van der Waals surface area (Å²) in [4.78, 5) is 0.889. The van der Waals surface area contributed by atoms with Gasteiger partial charge in [-0.3, -0.25) is 0 Å². The molecule has 0 atom stereocenters. The minimum Gasteiger partial charge on any atom is -0.411 e. The minimum absolute atomic E-state index is 0.816. The van der Waals surface area contributed by atoms with Crippen LogP contribution in [0.3, 0.4) is 0 Å². The van der Waals surface area contributed by atoms with E-state index in [1.165, 1.54) is 0 Å². The SMILES string of the molecule is CCc1ccnn1O. The first-order chi connectivity index (χ1) is 3.84. The lowest BCUT2D eigenvalue weighted by atomic mass is 10.3. The van der Waals surface area contributed by atoms with Gasteiger partial charge in [-0.15, -0.1) is 9.94 Å². The molecular weight excluding hydrogens is 104 g/mol. The molecule has 1 aromatic rings. The summed E-state index contributed by atoms with van der Waals surface area (Å²) in [5.41, 5.74) is 0.838. The smallest absolute Gasteiger partial charge is 0.0795 e. The van der Waals surface area contributed by atoms with Gasteiger partial charge in [0, 0.05) is 0 Å². The zero-order chi connectivity index (χ0) is 5.98. The zero-order valence-corrected chi connectivity index (χ0v) is 4.70. The van der Waals surface area contributed by atoms with Crippen molar-refractivity contribution in [2.75, 3.05) is 0 Å². The van der Waals surface area contributed by atoms with Crippen molar-refractivity contribution in [3.63, 3.8) is 0 Å². The summed E-state index contributed by atoms with van der Waals surface area (Å²) in [7, 11) is 0. The fraction of sp³-hybridized carbons (Fsp3) is 0.400. The average molecular weight is 112 g/mol. The number of nitrogens with zero attached hydrogens (tertiary/aromatic N) is 2. The van der Waals surface area contributed by atoms with E-state index in [-0.39, 0.29) is 0 Å². The summed E-state index contributed by atoms with van der Waals surface area (Å²) in [6, 6.07) is 1.78. The molecular formula is C5H8N2O. The lowest BCUT2D eigenvalue weighted by Crippen LogP contribution is -1.96. The van der Waals surface area contributed by atoms with Gasteiger partial charge >= 0.3 is 0 Å². The summed E-state index contributed by atoms with van der Waals surface area (Å²) in [5, 5.41) is 12.3. The molecule has 1 aromatic heterocycles. The highest BCUT2D eigenvalue weighted by Crippen LogP contribution is 1.94. The summed E-state index contributed by atoms with van der Waals surface area (Å²) in [6.45, 7) is 1.96. The van der Waals surface area contributed by atoms with Crippen LogP contribution in [-0.2, 0) is 6.42 Å². The predicted molar refractivity (Wildman–Crippen MR) is 28.8 cm³/mol. The van der Waals surface area contributed by atoms with Gasteiger partial charge in [0.05, 0.1) is 11.9 Å². The fourth-order valence-electron chi connectivity index (χ4n) is 0.583. The Morgan fingerprint density at radius 2 is 2.62 bits per heavy atom. The van der Waals surface area contributed by atoms with Gasteiger partial charge in [0.1, 0.15) is 0 Å². The van der Waals surface area contributed by atoms with Crippen molar-refractivity contribution in [1.29, 1.82) is 0 Å². The molecule has 0 aliphatic carbocycles. The van der Waals surface area contributed by atoms with Crippen LogP contribution in [0.15, 0.2) is 12.3 Å². The van der Waals surface area contributed by atoms with Crippen LogP contribution in [0.4, 0.5) is 0 Å². The molecule has 0 aliphatic rings. The Bertz CT molecular complexity index is 171. The first kappa shape index (κ1) is 5.15. The van der Waals surface area contributed by atoms with Crippen molar-refractivity contribution in [2.24, 2.45) is 0 Å². The molecule has 0 spiro atoms. The Kier molecular flexibility index (Phi) is 1.20. The van der Waals surface area contributed by atoms with E-state index >= 15 is 0 Å². The van der Waals surface area contributed by atoms with Gasteiger partial charge in [0.25, 0.3) is 0 Å². The molecule has 8 heavy (non-hydrogen) atoms. The van der Waals surface area contributed by atoms with Crippen molar-refractivity contribution in [1.82, 2.24) is 9.94 Å². The molecule has 1 heterocycles. The third-order valence-corrected chi connectivity index (χ3v) is 1.06. The van der Waals surface area contributed by atoms with Crippen LogP contribution < -0.4 is 0 Å². The number of hydrogen-bond acceptors (Lipinski definition) is 2. The molecule has 0 saturated carbocycles. The fourth-order valence-corrected chi connectivity index (χ4v) is 0.583. The highest BCUT2D eigenvalue weighted by molar-refractivity contribution is 4.97. The molecule has 1 rings (SSSR count). The molecule has 1 N–H and O–H groups in total. The molecule has 3 heteroatoms. The second-order valence-corrected chi connectivity index (χ2v) is 1.57. The van der Waals surface area contributed by atoms with Crippen molar-refractivity contribution >= 4 is 0 Å². The van der Waals surface area contributed by atoms with E-state index in [9.17, 15) is 0 Å². The van der Waals surface area contributed by atoms with Crippen LogP contribution in [0.25, 0.3) is 0 Å². The van der Waals surface area contributed by atoms with E-state index in [1.807, 2.05) is 6.92 Å². The Morgan fingerprint density at radius 1 is 1.88 bits per heavy atom. The highest BCUT2D eigenvalue weighted by atomic mass is 16.5. The van der Waals surface area contributed by atoms with E-state index in [2.05, 4.69) is 5.10 Å². The van der Waals surface area contributed by atoms with Crippen molar-refractivity contribution in [3.8, 4) is 0 Å². The van der Waals surface area contributed by atoms with E-state index in [0.717, 1.165) is 17.0 Å². The largest absolute Gasteiger partial charge is 0.411 e. The number of hydrogen-bond donors (Lipinski definition) is 1. The summed E-state index contributed by atoms with van der Waals surface area (Å²) < 4.78 is 0. The van der Waals surface area contributed by atoms with E-state index in [4.69, 9.17) is 5.21 Å². The van der Waals surface area contributed by atoms with Crippen LogP contribution in [0.2, 0.25) is 0 Å². The van der Waals surface area contributed by atoms with Gasteiger partial charge in [-0.05, 0) is 12.5 Å². The zero-order valence-electron chi connectivity index (χ0n) is 4.70. The van der Waals surface area contributed by atoms with Gasteiger partial charge in [-0.25, -0.2) is 0 Å². The second-order valence-electron chi connectivity index (χ2n) is 1.57. The molecule has 0 aromatic carbocycles. The van der Waals surface area contributed by atoms with Crippen molar-refractivity contribution in [3.05, 3.63) is 18.0 Å². The first-order valence-electron chi connectivity index (χ1n) is 2.56. The summed E-state index contributed by atoms with van der Waals surface area (Å²) in [5.74, 6) is 0. The average Bonchev–Trinajstić information content (AvgIpc) is 2.14. The standard InChI is InChI=1S/C5H8N2O/c1-2-5-3-4-6-7(5)8/h3-4,8H,2H2,1H3. The predicted octanol–water partition coefficient (Wildman–Crippen LogP) is 0.683. The quantitative estimate of drug-likeness (QED) is 0.542. The minimum atomic E-state index is 0.816. The maximum absolute atomic E-state index is 8.76. The van der Waals surface area contributed by atoms with Crippen LogP contribution in [0, 0.1) is 0 Å². The topological polar surface area (TPSA) is 38.0 Å². The van der Waals surface area contributed by atoms with Crippen molar-refractivity contribution < 1.29 is 5.21 Å². The molecule has 44 valence electrons. The normalized spacial score (nSPS) is 9.62. The Morgan fingerprint density at radius 3 is 2.88 bits per heavy atom.